The Kier molecular flexibility index (Phi) is 2.42. The van der Waals surface area contributed by atoms with Crippen LogP contribution < -0.4 is 0 Å². The first-order chi connectivity index (χ1) is 9.97. The first-order valence-electron chi connectivity index (χ1n) is 7.67. The number of aryl methyl sites for hydroxylation is 1. The zero-order chi connectivity index (χ0) is 14.8. The molecule has 0 aliphatic heterocycles. The molecular formula is C20H21N. The van der Waals surface area contributed by atoms with E-state index >= 15 is 0 Å². The van der Waals surface area contributed by atoms with Crippen molar-refractivity contribution in [2.75, 3.05) is 0 Å². The van der Waals surface area contributed by atoms with Crippen molar-refractivity contribution in [2.45, 2.75) is 32.6 Å². The number of fused-ring (bicyclic) bond motifs is 5. The minimum absolute atomic E-state index is 0.190. The summed E-state index contributed by atoms with van der Waals surface area (Å²) in [6, 6.07) is 15.8. The van der Waals surface area contributed by atoms with E-state index in [1.807, 2.05) is 0 Å². The summed E-state index contributed by atoms with van der Waals surface area (Å²) in [5.41, 5.74) is 8.74. The van der Waals surface area contributed by atoms with Crippen molar-refractivity contribution >= 4 is 10.9 Å². The summed E-state index contributed by atoms with van der Waals surface area (Å²) in [5, 5.41) is 1.41. The summed E-state index contributed by atoms with van der Waals surface area (Å²) in [6.07, 6.45) is 1.06. The van der Waals surface area contributed by atoms with Gasteiger partial charge in [0.05, 0.1) is 0 Å². The summed E-state index contributed by atoms with van der Waals surface area (Å²) in [7, 11) is 2.20. The Morgan fingerprint density at radius 1 is 1.00 bits per heavy atom. The number of aromatic nitrogens is 1. The van der Waals surface area contributed by atoms with E-state index in [-0.39, 0.29) is 5.41 Å². The fourth-order valence-electron chi connectivity index (χ4n) is 3.57. The molecule has 1 aromatic heterocycles. The third kappa shape index (κ3) is 1.70. The van der Waals surface area contributed by atoms with Crippen molar-refractivity contribution in [1.82, 2.24) is 4.57 Å². The van der Waals surface area contributed by atoms with Gasteiger partial charge in [-0.2, -0.15) is 0 Å². The van der Waals surface area contributed by atoms with Crippen LogP contribution in [0.1, 0.15) is 37.6 Å². The predicted molar refractivity (Wildman–Crippen MR) is 89.9 cm³/mol. The van der Waals surface area contributed by atoms with Gasteiger partial charge in [-0.3, -0.25) is 0 Å². The number of nitrogens with zero attached hydrogens (tertiary/aromatic N) is 1. The van der Waals surface area contributed by atoms with Crippen LogP contribution in [-0.4, -0.2) is 4.57 Å². The van der Waals surface area contributed by atoms with E-state index in [0.717, 1.165) is 6.42 Å². The van der Waals surface area contributed by atoms with Crippen molar-refractivity contribution in [3.05, 3.63) is 59.3 Å². The fraction of sp³-hybridized carbons (Fsp3) is 0.300. The molecule has 0 saturated carbocycles. The molecule has 1 heteroatoms. The number of benzene rings is 2. The van der Waals surface area contributed by atoms with Gasteiger partial charge in [-0.25, -0.2) is 0 Å². The third-order valence-electron chi connectivity index (χ3n) is 4.83. The van der Waals surface area contributed by atoms with Crippen LogP contribution in [0.15, 0.2) is 42.5 Å². The largest absolute Gasteiger partial charge is 0.347 e. The van der Waals surface area contributed by atoms with E-state index in [0.29, 0.717) is 0 Å². The molecule has 0 atom stereocenters. The van der Waals surface area contributed by atoms with Gasteiger partial charge in [0.25, 0.3) is 0 Å². The molecule has 0 saturated heterocycles. The molecule has 1 nitrogen and oxygen atoms in total. The Bertz CT molecular complexity index is 859. The molecule has 0 unspecified atom stereocenters. The minimum Gasteiger partial charge on any atom is -0.347 e. The smallest absolute Gasteiger partial charge is 0.0486 e. The molecule has 0 N–H and O–H groups in total. The van der Waals surface area contributed by atoms with Crippen LogP contribution in [0.25, 0.3) is 22.0 Å². The zero-order valence-corrected chi connectivity index (χ0v) is 13.2. The molecular weight excluding hydrogens is 254 g/mol. The van der Waals surface area contributed by atoms with Gasteiger partial charge in [0.2, 0.25) is 0 Å². The molecule has 106 valence electrons. The second-order valence-electron chi connectivity index (χ2n) is 7.20. The van der Waals surface area contributed by atoms with Crippen LogP contribution in [0.4, 0.5) is 0 Å². The maximum absolute atomic E-state index is 2.40. The standard InChI is InChI=1S/C20H21N/c1-20(2,3)14-9-10-17-16(12-14)19-15-8-6-5-7-13(15)11-18(19)21(17)4/h5-10,12H,11H2,1-4H3. The molecule has 0 bridgehead atoms. The molecule has 0 radical (unpaired) electrons. The number of rotatable bonds is 0. The van der Waals surface area contributed by atoms with Crippen LogP contribution in [0, 0.1) is 0 Å². The Morgan fingerprint density at radius 2 is 1.76 bits per heavy atom. The molecule has 4 rings (SSSR count). The summed E-state index contributed by atoms with van der Waals surface area (Å²) in [4.78, 5) is 0. The lowest BCUT2D eigenvalue weighted by molar-refractivity contribution is 0.591. The van der Waals surface area contributed by atoms with Gasteiger partial charge < -0.3 is 4.57 Å². The van der Waals surface area contributed by atoms with E-state index < -0.39 is 0 Å². The lowest BCUT2D eigenvalue weighted by atomic mass is 9.86. The highest BCUT2D eigenvalue weighted by Crippen LogP contribution is 2.43. The summed E-state index contributed by atoms with van der Waals surface area (Å²) < 4.78 is 2.37. The predicted octanol–water partition coefficient (Wildman–Crippen LogP) is 5.05. The van der Waals surface area contributed by atoms with E-state index in [9.17, 15) is 0 Å². The maximum atomic E-state index is 2.40. The Labute approximate surface area is 126 Å². The summed E-state index contributed by atoms with van der Waals surface area (Å²) in [6.45, 7) is 6.85. The first-order valence-corrected chi connectivity index (χ1v) is 7.67. The highest BCUT2D eigenvalue weighted by Gasteiger charge is 2.26. The number of hydrogen-bond acceptors (Lipinski definition) is 0. The molecule has 0 spiro atoms. The Hall–Kier alpha value is -2.02. The average Bonchev–Trinajstić information content (AvgIpc) is 2.95. The third-order valence-corrected chi connectivity index (χ3v) is 4.83. The van der Waals surface area contributed by atoms with Crippen molar-refractivity contribution in [1.29, 1.82) is 0 Å². The molecule has 0 amide bonds. The van der Waals surface area contributed by atoms with Crippen molar-refractivity contribution in [3.63, 3.8) is 0 Å². The normalized spacial score (nSPS) is 13.5. The average molecular weight is 275 g/mol. The quantitative estimate of drug-likeness (QED) is 0.423. The second kappa shape index (κ2) is 4.00. The highest BCUT2D eigenvalue weighted by atomic mass is 15.0. The monoisotopic (exact) mass is 275 g/mol. The Balaban J connectivity index is 2.08. The zero-order valence-electron chi connectivity index (χ0n) is 13.2. The van der Waals surface area contributed by atoms with Crippen molar-refractivity contribution < 1.29 is 0 Å². The summed E-state index contributed by atoms with van der Waals surface area (Å²) in [5.74, 6) is 0. The van der Waals surface area contributed by atoms with E-state index in [4.69, 9.17) is 0 Å². The molecule has 21 heavy (non-hydrogen) atoms. The van der Waals surface area contributed by atoms with Gasteiger partial charge in [0.15, 0.2) is 0 Å². The molecule has 2 aromatic carbocycles. The van der Waals surface area contributed by atoms with Gasteiger partial charge in [0, 0.05) is 35.6 Å². The van der Waals surface area contributed by atoms with Crippen LogP contribution in [0.5, 0.6) is 0 Å². The lowest BCUT2D eigenvalue weighted by Gasteiger charge is -2.19. The van der Waals surface area contributed by atoms with Gasteiger partial charge in [-0.05, 0) is 34.2 Å². The molecule has 1 heterocycles. The van der Waals surface area contributed by atoms with Crippen molar-refractivity contribution in [2.24, 2.45) is 7.05 Å². The molecule has 1 aliphatic carbocycles. The molecule has 1 aliphatic rings. The van der Waals surface area contributed by atoms with Gasteiger partial charge >= 0.3 is 0 Å². The fourth-order valence-corrected chi connectivity index (χ4v) is 3.57. The van der Waals surface area contributed by atoms with Crippen LogP contribution >= 0.6 is 0 Å². The molecule has 0 fully saturated rings. The second-order valence-corrected chi connectivity index (χ2v) is 7.20. The van der Waals surface area contributed by atoms with Crippen LogP contribution in [0.2, 0.25) is 0 Å². The highest BCUT2D eigenvalue weighted by molar-refractivity contribution is 6.01. The van der Waals surface area contributed by atoms with E-state index in [1.54, 1.807) is 0 Å². The van der Waals surface area contributed by atoms with Crippen LogP contribution in [-0.2, 0) is 18.9 Å². The number of hydrogen-bond donors (Lipinski definition) is 0. The SMILES string of the molecule is Cn1c2c(c3cc(C(C)(C)C)ccc31)-c1ccccc1C2. The van der Waals surface area contributed by atoms with E-state index in [1.165, 1.54) is 38.9 Å². The van der Waals surface area contributed by atoms with Gasteiger partial charge in [-0.1, -0.05) is 51.1 Å². The Morgan fingerprint density at radius 3 is 2.52 bits per heavy atom. The van der Waals surface area contributed by atoms with Crippen LogP contribution in [0.3, 0.4) is 0 Å². The summed E-state index contributed by atoms with van der Waals surface area (Å²) >= 11 is 0. The van der Waals surface area contributed by atoms with Gasteiger partial charge in [0.1, 0.15) is 0 Å². The minimum atomic E-state index is 0.190. The van der Waals surface area contributed by atoms with E-state index in [2.05, 4.69) is 74.9 Å². The first kappa shape index (κ1) is 12.7. The van der Waals surface area contributed by atoms with Crippen molar-refractivity contribution in [3.8, 4) is 11.1 Å². The topological polar surface area (TPSA) is 4.93 Å². The maximum Gasteiger partial charge on any atom is 0.0486 e. The molecule has 3 aromatic rings. The lowest BCUT2D eigenvalue weighted by Crippen LogP contribution is -2.10. The van der Waals surface area contributed by atoms with Gasteiger partial charge in [-0.15, -0.1) is 0 Å².